The monoisotopic (exact) mass is 327 g/mol. The second-order valence-electron chi connectivity index (χ2n) is 5.13. The maximum atomic E-state index is 12.8. The lowest BCUT2D eigenvalue weighted by atomic mass is 9.96. The van der Waals surface area contributed by atoms with Crippen molar-refractivity contribution in [3.05, 3.63) is 70.3 Å². The van der Waals surface area contributed by atoms with Gasteiger partial charge < -0.3 is 10.1 Å². The van der Waals surface area contributed by atoms with E-state index in [1.54, 1.807) is 36.4 Å². The molecule has 0 unspecified atom stereocenters. The van der Waals surface area contributed by atoms with E-state index < -0.39 is 0 Å². The van der Waals surface area contributed by atoms with E-state index in [2.05, 4.69) is 5.32 Å². The maximum absolute atomic E-state index is 12.8. The Balaban J connectivity index is 2.14. The second kappa shape index (κ2) is 6.26. The van der Waals surface area contributed by atoms with Crippen molar-refractivity contribution in [2.24, 2.45) is 0 Å². The van der Waals surface area contributed by atoms with E-state index in [1.807, 2.05) is 12.1 Å². The fourth-order valence-corrected chi connectivity index (χ4v) is 2.71. The maximum Gasteiger partial charge on any atom is 0.221 e. The van der Waals surface area contributed by atoms with Crippen LogP contribution in [0, 0.1) is 0 Å². The number of hydrogen-bond acceptors (Lipinski definition) is 3. The van der Waals surface area contributed by atoms with Crippen molar-refractivity contribution in [2.75, 3.05) is 6.61 Å². The zero-order valence-electron chi connectivity index (χ0n) is 12.4. The van der Waals surface area contributed by atoms with Gasteiger partial charge in [-0.05, 0) is 24.3 Å². The molecular formula is C18H14ClNO3. The summed E-state index contributed by atoms with van der Waals surface area (Å²) in [4.78, 5) is 24.4. The summed E-state index contributed by atoms with van der Waals surface area (Å²) in [5.74, 6) is 0.127. The predicted octanol–water partition coefficient (Wildman–Crippen LogP) is 3.46. The third-order valence-corrected chi connectivity index (χ3v) is 3.85. The van der Waals surface area contributed by atoms with Gasteiger partial charge in [0.1, 0.15) is 12.4 Å². The molecule has 4 nitrogen and oxygen atoms in total. The summed E-state index contributed by atoms with van der Waals surface area (Å²) in [6.07, 6.45) is 0. The number of halogens is 1. The van der Waals surface area contributed by atoms with Crippen LogP contribution in [0.3, 0.4) is 0 Å². The SMILES string of the molecule is CC(=O)NC1=C(C(=O)c2ccccc2Cl)COc2ccccc21. The number of carbonyl (C=O) groups excluding carboxylic acids is 2. The van der Waals surface area contributed by atoms with Crippen LogP contribution >= 0.6 is 11.6 Å². The van der Waals surface area contributed by atoms with Crippen molar-refractivity contribution < 1.29 is 14.3 Å². The first-order chi connectivity index (χ1) is 11.1. The number of nitrogens with one attached hydrogen (secondary N) is 1. The van der Waals surface area contributed by atoms with Crippen LogP contribution in [-0.2, 0) is 4.79 Å². The Morgan fingerprint density at radius 2 is 1.78 bits per heavy atom. The molecule has 0 aliphatic carbocycles. The molecule has 0 saturated carbocycles. The molecule has 0 spiro atoms. The molecule has 23 heavy (non-hydrogen) atoms. The lowest BCUT2D eigenvalue weighted by Crippen LogP contribution is -2.27. The molecule has 0 radical (unpaired) electrons. The normalized spacial score (nSPS) is 13.1. The first kappa shape index (κ1) is 15.3. The Bertz CT molecular complexity index is 827. The van der Waals surface area contributed by atoms with Crippen molar-refractivity contribution in [1.29, 1.82) is 0 Å². The molecular weight excluding hydrogens is 314 g/mol. The highest BCUT2D eigenvalue weighted by molar-refractivity contribution is 6.35. The Kier molecular flexibility index (Phi) is 4.17. The summed E-state index contributed by atoms with van der Waals surface area (Å²) < 4.78 is 5.66. The molecule has 1 amide bonds. The average Bonchev–Trinajstić information content (AvgIpc) is 2.54. The van der Waals surface area contributed by atoms with E-state index in [0.717, 1.165) is 0 Å². The van der Waals surface area contributed by atoms with Crippen LogP contribution < -0.4 is 10.1 Å². The van der Waals surface area contributed by atoms with Crippen LogP contribution in [0.25, 0.3) is 5.70 Å². The van der Waals surface area contributed by atoms with Gasteiger partial charge in [0.05, 0.1) is 16.3 Å². The first-order valence-corrected chi connectivity index (χ1v) is 7.48. The fraction of sp³-hybridized carbons (Fsp3) is 0.111. The molecule has 2 aromatic rings. The fourth-order valence-electron chi connectivity index (χ4n) is 2.49. The van der Waals surface area contributed by atoms with Crippen LogP contribution in [0.4, 0.5) is 0 Å². The minimum atomic E-state index is -0.256. The molecule has 0 saturated heterocycles. The topological polar surface area (TPSA) is 55.4 Å². The van der Waals surface area contributed by atoms with E-state index in [0.29, 0.717) is 33.2 Å². The minimum absolute atomic E-state index is 0.0800. The highest BCUT2D eigenvalue weighted by Crippen LogP contribution is 2.33. The summed E-state index contributed by atoms with van der Waals surface area (Å²) in [6.45, 7) is 1.49. The molecule has 0 fully saturated rings. The molecule has 1 aliphatic heterocycles. The number of amides is 1. The third-order valence-electron chi connectivity index (χ3n) is 3.52. The largest absolute Gasteiger partial charge is 0.488 e. The van der Waals surface area contributed by atoms with E-state index in [9.17, 15) is 9.59 Å². The highest BCUT2D eigenvalue weighted by atomic mass is 35.5. The number of benzene rings is 2. The van der Waals surface area contributed by atoms with Crippen molar-refractivity contribution in [3.63, 3.8) is 0 Å². The molecule has 0 atom stereocenters. The van der Waals surface area contributed by atoms with Gasteiger partial charge in [0.15, 0.2) is 5.78 Å². The van der Waals surface area contributed by atoms with E-state index in [-0.39, 0.29) is 18.3 Å². The number of ether oxygens (including phenoxy) is 1. The van der Waals surface area contributed by atoms with Crippen LogP contribution in [0.5, 0.6) is 5.75 Å². The van der Waals surface area contributed by atoms with Gasteiger partial charge in [-0.1, -0.05) is 35.9 Å². The van der Waals surface area contributed by atoms with Crippen LogP contribution in [0.1, 0.15) is 22.8 Å². The summed E-state index contributed by atoms with van der Waals surface area (Å²) >= 11 is 6.12. The van der Waals surface area contributed by atoms with Gasteiger partial charge in [0, 0.05) is 18.1 Å². The van der Waals surface area contributed by atoms with Gasteiger partial charge >= 0.3 is 0 Å². The summed E-state index contributed by atoms with van der Waals surface area (Å²) in [5.41, 5.74) is 1.93. The number of para-hydroxylation sites is 1. The Morgan fingerprint density at radius 1 is 1.09 bits per heavy atom. The zero-order valence-corrected chi connectivity index (χ0v) is 13.2. The van der Waals surface area contributed by atoms with Gasteiger partial charge in [-0.2, -0.15) is 0 Å². The van der Waals surface area contributed by atoms with Gasteiger partial charge in [-0.25, -0.2) is 0 Å². The summed E-state index contributed by atoms with van der Waals surface area (Å²) in [6, 6.07) is 14.1. The predicted molar refractivity (Wildman–Crippen MR) is 88.5 cm³/mol. The lowest BCUT2D eigenvalue weighted by Gasteiger charge is -2.23. The van der Waals surface area contributed by atoms with E-state index in [4.69, 9.17) is 16.3 Å². The van der Waals surface area contributed by atoms with Crippen LogP contribution in [-0.4, -0.2) is 18.3 Å². The van der Waals surface area contributed by atoms with Gasteiger partial charge in [0.25, 0.3) is 0 Å². The number of Topliss-reactive ketones (excluding diaryl/α,β-unsaturated/α-hetero) is 1. The van der Waals surface area contributed by atoms with Crippen LogP contribution in [0.15, 0.2) is 54.1 Å². The smallest absolute Gasteiger partial charge is 0.221 e. The van der Waals surface area contributed by atoms with Gasteiger partial charge in [-0.15, -0.1) is 0 Å². The minimum Gasteiger partial charge on any atom is -0.488 e. The van der Waals surface area contributed by atoms with Gasteiger partial charge in [-0.3, -0.25) is 9.59 Å². The molecule has 0 aromatic heterocycles. The third kappa shape index (κ3) is 2.98. The standard InChI is InChI=1S/C18H14ClNO3/c1-11(21)20-17-13-7-3-5-9-16(13)23-10-14(17)18(22)12-6-2-4-8-15(12)19/h2-9H,10H2,1H3,(H,20,21). The number of fused-ring (bicyclic) bond motifs is 1. The van der Waals surface area contributed by atoms with Crippen LogP contribution in [0.2, 0.25) is 5.02 Å². The Morgan fingerprint density at radius 3 is 2.52 bits per heavy atom. The summed E-state index contributed by atoms with van der Waals surface area (Å²) in [7, 11) is 0. The second-order valence-corrected chi connectivity index (χ2v) is 5.54. The summed E-state index contributed by atoms with van der Waals surface area (Å²) in [5, 5.41) is 3.12. The highest BCUT2D eigenvalue weighted by Gasteiger charge is 2.27. The number of hydrogen-bond donors (Lipinski definition) is 1. The van der Waals surface area contributed by atoms with E-state index >= 15 is 0 Å². The van der Waals surface area contributed by atoms with E-state index in [1.165, 1.54) is 6.92 Å². The van der Waals surface area contributed by atoms with Gasteiger partial charge in [0.2, 0.25) is 5.91 Å². The number of rotatable bonds is 3. The molecule has 1 aliphatic rings. The molecule has 3 rings (SSSR count). The first-order valence-electron chi connectivity index (χ1n) is 7.10. The molecule has 0 bridgehead atoms. The Labute approximate surface area is 138 Å². The number of ketones is 1. The van der Waals surface area contributed by atoms with Crippen molar-refractivity contribution >= 4 is 29.0 Å². The van der Waals surface area contributed by atoms with Crippen molar-refractivity contribution in [1.82, 2.24) is 5.32 Å². The molecule has 2 aromatic carbocycles. The molecule has 1 N–H and O–H groups in total. The Hall–Kier alpha value is -2.59. The number of carbonyl (C=O) groups is 2. The van der Waals surface area contributed by atoms with Crippen molar-refractivity contribution in [2.45, 2.75) is 6.92 Å². The molecule has 116 valence electrons. The quantitative estimate of drug-likeness (QED) is 0.878. The zero-order chi connectivity index (χ0) is 16.4. The molecule has 5 heteroatoms. The van der Waals surface area contributed by atoms with Crippen molar-refractivity contribution in [3.8, 4) is 5.75 Å². The lowest BCUT2D eigenvalue weighted by molar-refractivity contribution is -0.117. The average molecular weight is 328 g/mol. The molecule has 1 heterocycles.